The smallest absolute Gasteiger partial charge is 0.315 e. The van der Waals surface area contributed by atoms with Gasteiger partial charge in [0.1, 0.15) is 6.04 Å². The van der Waals surface area contributed by atoms with Gasteiger partial charge in [-0.3, -0.25) is 4.79 Å². The Morgan fingerprint density at radius 3 is 2.64 bits per heavy atom. The van der Waals surface area contributed by atoms with Crippen molar-refractivity contribution in [3.63, 3.8) is 0 Å². The first-order valence-corrected chi connectivity index (χ1v) is 8.61. The Hall–Kier alpha value is -1.89. The van der Waals surface area contributed by atoms with Gasteiger partial charge in [0.25, 0.3) is 0 Å². The van der Waals surface area contributed by atoms with E-state index in [1.165, 1.54) is 17.2 Å². The van der Waals surface area contributed by atoms with Crippen LogP contribution in [0.4, 0.5) is 10.5 Å². The number of rotatable bonds is 4. The van der Waals surface area contributed by atoms with E-state index >= 15 is 0 Å². The zero-order valence-corrected chi connectivity index (χ0v) is 13.1. The molecule has 2 saturated heterocycles. The minimum atomic E-state index is -0.474. The summed E-state index contributed by atoms with van der Waals surface area (Å²) in [5, 5.41) is 8.00. The third kappa shape index (κ3) is 3.65. The maximum Gasteiger partial charge on any atom is 0.315 e. The number of amides is 3. The maximum atomic E-state index is 11.9. The first kappa shape index (κ1) is 15.0. The van der Waals surface area contributed by atoms with Crippen LogP contribution in [0.25, 0.3) is 0 Å². The molecule has 3 amide bonds. The number of hydrogen-bond acceptors (Lipinski definition) is 4. The van der Waals surface area contributed by atoms with Gasteiger partial charge in [0.2, 0.25) is 5.91 Å². The SMILES string of the molecule is O=C1NC[C@@H](C(=O)NCc2ccc(N3CCSCC3)cc2)N1. The Morgan fingerprint density at radius 1 is 1.27 bits per heavy atom. The third-order valence-electron chi connectivity index (χ3n) is 3.87. The normalized spacial score (nSPS) is 21.2. The molecule has 0 aromatic heterocycles. The molecule has 2 fully saturated rings. The highest BCUT2D eigenvalue weighted by molar-refractivity contribution is 7.99. The van der Waals surface area contributed by atoms with Crippen molar-refractivity contribution in [2.24, 2.45) is 0 Å². The van der Waals surface area contributed by atoms with Crippen molar-refractivity contribution >= 4 is 29.4 Å². The molecule has 118 valence electrons. The molecule has 1 aromatic carbocycles. The van der Waals surface area contributed by atoms with Gasteiger partial charge in [0.05, 0.1) is 0 Å². The van der Waals surface area contributed by atoms with Crippen molar-refractivity contribution in [3.8, 4) is 0 Å². The molecule has 0 unspecified atom stereocenters. The standard InChI is InChI=1S/C15H20N4O2S/c20-14(13-10-17-15(21)18-13)16-9-11-1-3-12(4-2-11)19-5-7-22-8-6-19/h1-4,13H,5-10H2,(H,16,20)(H2,17,18,21)/t13-/m0/s1. The molecule has 22 heavy (non-hydrogen) atoms. The predicted molar refractivity (Wildman–Crippen MR) is 88.1 cm³/mol. The number of nitrogens with zero attached hydrogens (tertiary/aromatic N) is 1. The fourth-order valence-electron chi connectivity index (χ4n) is 2.57. The average molecular weight is 320 g/mol. The highest BCUT2D eigenvalue weighted by Crippen LogP contribution is 2.19. The lowest BCUT2D eigenvalue weighted by Gasteiger charge is -2.28. The van der Waals surface area contributed by atoms with E-state index in [0.29, 0.717) is 13.1 Å². The van der Waals surface area contributed by atoms with E-state index in [9.17, 15) is 9.59 Å². The van der Waals surface area contributed by atoms with Gasteiger partial charge in [-0.05, 0) is 17.7 Å². The maximum absolute atomic E-state index is 11.9. The third-order valence-corrected chi connectivity index (χ3v) is 4.81. The van der Waals surface area contributed by atoms with Crippen molar-refractivity contribution in [1.29, 1.82) is 0 Å². The molecule has 2 aliphatic rings. The van der Waals surface area contributed by atoms with Crippen molar-refractivity contribution in [3.05, 3.63) is 29.8 Å². The summed E-state index contributed by atoms with van der Waals surface area (Å²) in [5.74, 6) is 2.20. The fraction of sp³-hybridized carbons (Fsp3) is 0.467. The summed E-state index contributed by atoms with van der Waals surface area (Å²) in [6.07, 6.45) is 0. The molecular formula is C15H20N4O2S. The Balaban J connectivity index is 1.50. The van der Waals surface area contributed by atoms with E-state index in [1.807, 2.05) is 23.9 Å². The monoisotopic (exact) mass is 320 g/mol. The molecule has 2 aliphatic heterocycles. The second kappa shape index (κ2) is 6.91. The Bertz CT molecular complexity index is 543. The summed E-state index contributed by atoms with van der Waals surface area (Å²) in [7, 11) is 0. The number of urea groups is 1. The van der Waals surface area contributed by atoms with Crippen LogP contribution >= 0.6 is 11.8 Å². The molecule has 3 N–H and O–H groups in total. The van der Waals surface area contributed by atoms with Crippen LogP contribution in [0.3, 0.4) is 0 Å². The number of carbonyl (C=O) groups excluding carboxylic acids is 2. The predicted octanol–water partition coefficient (Wildman–Crippen LogP) is 0.537. The molecule has 6 nitrogen and oxygen atoms in total. The summed E-state index contributed by atoms with van der Waals surface area (Å²) < 4.78 is 0. The van der Waals surface area contributed by atoms with Crippen molar-refractivity contribution < 1.29 is 9.59 Å². The molecule has 1 aromatic rings. The van der Waals surface area contributed by atoms with Crippen molar-refractivity contribution in [2.75, 3.05) is 36.0 Å². The number of carbonyl (C=O) groups is 2. The molecule has 2 heterocycles. The molecule has 0 spiro atoms. The van der Waals surface area contributed by atoms with Crippen LogP contribution in [-0.4, -0.2) is 49.1 Å². The molecule has 0 bridgehead atoms. The molecule has 3 rings (SSSR count). The fourth-order valence-corrected chi connectivity index (χ4v) is 3.47. The second-order valence-electron chi connectivity index (χ2n) is 5.39. The lowest BCUT2D eigenvalue weighted by atomic mass is 10.2. The van der Waals surface area contributed by atoms with Gasteiger partial charge in [0, 0.05) is 43.4 Å². The first-order valence-electron chi connectivity index (χ1n) is 7.46. The van der Waals surface area contributed by atoms with Crippen LogP contribution in [0.2, 0.25) is 0 Å². The number of benzene rings is 1. The molecule has 1 atom stereocenters. The second-order valence-corrected chi connectivity index (χ2v) is 6.62. The Labute approximate surface area is 134 Å². The van der Waals surface area contributed by atoms with E-state index in [4.69, 9.17) is 0 Å². The largest absolute Gasteiger partial charge is 0.370 e. The summed E-state index contributed by atoms with van der Waals surface area (Å²) >= 11 is 2.00. The zero-order chi connectivity index (χ0) is 15.4. The van der Waals surface area contributed by atoms with Crippen molar-refractivity contribution in [2.45, 2.75) is 12.6 Å². The van der Waals surface area contributed by atoms with Crippen molar-refractivity contribution in [1.82, 2.24) is 16.0 Å². The van der Waals surface area contributed by atoms with E-state index in [1.54, 1.807) is 0 Å². The highest BCUT2D eigenvalue weighted by Gasteiger charge is 2.26. The molecule has 7 heteroatoms. The number of anilines is 1. The van der Waals surface area contributed by atoms with Gasteiger partial charge < -0.3 is 20.9 Å². The van der Waals surface area contributed by atoms with Crippen LogP contribution in [-0.2, 0) is 11.3 Å². The van der Waals surface area contributed by atoms with Gasteiger partial charge in [0.15, 0.2) is 0 Å². The summed E-state index contributed by atoms with van der Waals surface area (Å²) in [6, 6.07) is 7.54. The minimum absolute atomic E-state index is 0.157. The lowest BCUT2D eigenvalue weighted by molar-refractivity contribution is -0.122. The summed E-state index contributed by atoms with van der Waals surface area (Å²) in [6.45, 7) is 3.00. The lowest BCUT2D eigenvalue weighted by Crippen LogP contribution is -2.42. The first-order chi connectivity index (χ1) is 10.7. The number of hydrogen-bond donors (Lipinski definition) is 3. The van der Waals surface area contributed by atoms with E-state index < -0.39 is 6.04 Å². The Kier molecular flexibility index (Phi) is 4.72. The Morgan fingerprint density at radius 2 is 2.00 bits per heavy atom. The zero-order valence-electron chi connectivity index (χ0n) is 12.3. The topological polar surface area (TPSA) is 73.5 Å². The average Bonchev–Trinajstić information content (AvgIpc) is 3.00. The molecule has 0 saturated carbocycles. The summed E-state index contributed by atoms with van der Waals surface area (Å²) in [4.78, 5) is 25.3. The van der Waals surface area contributed by atoms with Gasteiger partial charge >= 0.3 is 6.03 Å². The van der Waals surface area contributed by atoms with Crippen LogP contribution in [0.1, 0.15) is 5.56 Å². The van der Waals surface area contributed by atoms with Gasteiger partial charge in [-0.2, -0.15) is 11.8 Å². The molecular weight excluding hydrogens is 300 g/mol. The van der Waals surface area contributed by atoms with Gasteiger partial charge in [-0.15, -0.1) is 0 Å². The van der Waals surface area contributed by atoms with E-state index in [2.05, 4.69) is 33.0 Å². The van der Waals surface area contributed by atoms with Gasteiger partial charge in [-0.1, -0.05) is 12.1 Å². The quantitative estimate of drug-likeness (QED) is 0.757. The number of thioether (sulfide) groups is 1. The molecule has 0 radical (unpaired) electrons. The summed E-state index contributed by atoms with van der Waals surface area (Å²) in [5.41, 5.74) is 2.29. The number of nitrogens with one attached hydrogen (secondary N) is 3. The van der Waals surface area contributed by atoms with Crippen LogP contribution < -0.4 is 20.9 Å². The highest BCUT2D eigenvalue weighted by atomic mass is 32.2. The van der Waals surface area contributed by atoms with Crippen LogP contribution in [0, 0.1) is 0 Å². The van der Waals surface area contributed by atoms with Crippen LogP contribution in [0.15, 0.2) is 24.3 Å². The minimum Gasteiger partial charge on any atom is -0.370 e. The van der Waals surface area contributed by atoms with E-state index in [0.717, 1.165) is 18.7 Å². The van der Waals surface area contributed by atoms with E-state index in [-0.39, 0.29) is 11.9 Å². The van der Waals surface area contributed by atoms with Gasteiger partial charge in [-0.25, -0.2) is 4.79 Å². The van der Waals surface area contributed by atoms with Crippen LogP contribution in [0.5, 0.6) is 0 Å². The molecule has 0 aliphatic carbocycles.